The van der Waals surface area contributed by atoms with Gasteiger partial charge in [-0.1, -0.05) is 64.1 Å². The molecule has 15 nitrogen and oxygen atoms in total. The maximum atomic E-state index is 16.8. The Kier molecular flexibility index (Phi) is 14.8. The van der Waals surface area contributed by atoms with E-state index in [-0.39, 0.29) is 25.2 Å². The molecule has 3 fully saturated rings. The van der Waals surface area contributed by atoms with E-state index < -0.39 is 95.3 Å². The molecule has 3 saturated heterocycles. The molecule has 0 spiro atoms. The molecule has 60 heavy (non-hydrogen) atoms. The molecule has 13 atom stereocenters. The third-order valence-corrected chi connectivity index (χ3v) is 12.5. The number of benzene rings is 1. The zero-order valence-electron chi connectivity index (χ0n) is 36.4. The molecule has 0 bridgehead atoms. The first kappa shape index (κ1) is 47.0. The molecule has 1 aromatic carbocycles. The van der Waals surface area contributed by atoms with Crippen molar-refractivity contribution in [2.75, 3.05) is 20.1 Å². The Labute approximate surface area is 352 Å². The summed E-state index contributed by atoms with van der Waals surface area (Å²) in [5.74, 6) is -6.53. The molecule has 0 radical (unpaired) electrons. The highest BCUT2D eigenvalue weighted by molar-refractivity contribution is 6.08. The fourth-order valence-electron chi connectivity index (χ4n) is 9.33. The zero-order valence-corrected chi connectivity index (χ0v) is 36.4. The van der Waals surface area contributed by atoms with E-state index in [0.29, 0.717) is 25.9 Å². The van der Waals surface area contributed by atoms with E-state index in [9.17, 15) is 29.4 Å². The molecule has 2 unspecified atom stereocenters. The Hall–Kier alpha value is -4.06. The van der Waals surface area contributed by atoms with Gasteiger partial charge in [-0.25, -0.2) is 29.4 Å². The number of Topliss-reactive ketones (excluding diaryl/α,β-unsaturated/α-hetero) is 2. The number of hydrogen-bond donors (Lipinski definition) is 3. The zero-order chi connectivity index (χ0) is 44.3. The Balaban J connectivity index is 1.44. The van der Waals surface area contributed by atoms with E-state index in [1.807, 2.05) is 46.0 Å². The van der Waals surface area contributed by atoms with E-state index in [0.717, 1.165) is 18.2 Å². The number of ether oxygens (including phenoxy) is 4. The van der Waals surface area contributed by atoms with Crippen molar-refractivity contribution in [1.82, 2.24) is 24.9 Å². The van der Waals surface area contributed by atoms with Gasteiger partial charge in [0.25, 0.3) is 5.67 Å². The summed E-state index contributed by atoms with van der Waals surface area (Å²) in [5.41, 5.74) is -2.03. The van der Waals surface area contributed by atoms with Crippen molar-refractivity contribution in [1.29, 1.82) is 0 Å². The van der Waals surface area contributed by atoms with E-state index in [2.05, 4.69) is 17.0 Å². The first-order chi connectivity index (χ1) is 28.2. The van der Waals surface area contributed by atoms with Crippen LogP contribution in [-0.2, 0) is 39.9 Å². The number of nitrogens with one attached hydrogen (secondary N) is 1. The maximum Gasteiger partial charge on any atom is 0.425 e. The summed E-state index contributed by atoms with van der Waals surface area (Å²) in [6.07, 6.45) is -0.648. The lowest BCUT2D eigenvalue weighted by atomic mass is 9.73. The minimum atomic E-state index is -3.26. The van der Waals surface area contributed by atoms with Gasteiger partial charge in [0.1, 0.15) is 24.0 Å². The van der Waals surface area contributed by atoms with Gasteiger partial charge in [-0.05, 0) is 60.4 Å². The highest BCUT2D eigenvalue weighted by Crippen LogP contribution is 2.42. The summed E-state index contributed by atoms with van der Waals surface area (Å²) in [6, 6.07) is 8.21. The fraction of sp³-hybridized carbons (Fsp3) is 0.659. The maximum absolute atomic E-state index is 16.8. The number of nitrogens with zero attached hydrogens (tertiary/aromatic N) is 4. The van der Waals surface area contributed by atoms with Gasteiger partial charge in [0, 0.05) is 55.2 Å². The van der Waals surface area contributed by atoms with Crippen LogP contribution in [0.3, 0.4) is 0 Å². The number of hydrogen-bond acceptors (Lipinski definition) is 13. The predicted molar refractivity (Wildman–Crippen MR) is 220 cm³/mol. The number of carbonyl (C=O) groups is 4. The lowest BCUT2D eigenvalue weighted by Gasteiger charge is -2.46. The molecule has 16 heteroatoms. The second-order valence-electron chi connectivity index (χ2n) is 17.5. The van der Waals surface area contributed by atoms with Crippen LogP contribution in [0.15, 0.2) is 55.5 Å². The molecule has 4 heterocycles. The number of cyclic esters (lactones) is 1. The van der Waals surface area contributed by atoms with Crippen LogP contribution in [0.25, 0.3) is 11.3 Å². The number of aryl methyl sites for hydroxylation is 1. The number of alkyl halides is 1. The quantitative estimate of drug-likeness (QED) is 0.117. The monoisotopic (exact) mass is 841 g/mol. The number of hydrazine groups is 1. The first-order valence-electron chi connectivity index (χ1n) is 21.0. The molecule has 3 aliphatic rings. The molecular formula is C44H64FN5O10. The van der Waals surface area contributed by atoms with Crippen LogP contribution < -0.4 is 5.43 Å². The van der Waals surface area contributed by atoms with Crippen molar-refractivity contribution in [2.45, 2.75) is 147 Å². The molecule has 1 amide bonds. The van der Waals surface area contributed by atoms with Crippen molar-refractivity contribution in [2.24, 2.45) is 17.8 Å². The number of likely N-dealkylation sites (N-methyl/N-ethyl adjacent to an activating group) is 1. The molecule has 332 valence electrons. The number of carbonyl (C=O) groups excluding carboxylic acids is 4. The fourth-order valence-corrected chi connectivity index (χ4v) is 9.33. The number of aromatic nitrogens is 2. The number of aliphatic hydroxyl groups is 2. The molecular weight excluding hydrogens is 778 g/mol. The van der Waals surface area contributed by atoms with Crippen LogP contribution in [0, 0.1) is 17.8 Å². The van der Waals surface area contributed by atoms with E-state index in [1.165, 1.54) is 25.8 Å². The summed E-state index contributed by atoms with van der Waals surface area (Å²) in [7, 11) is 1.81. The summed E-state index contributed by atoms with van der Waals surface area (Å²) < 4.78 is 42.8. The third kappa shape index (κ3) is 9.68. The number of esters is 1. The van der Waals surface area contributed by atoms with E-state index in [1.54, 1.807) is 47.1 Å². The predicted octanol–water partition coefficient (Wildman–Crippen LogP) is 4.64. The van der Waals surface area contributed by atoms with Crippen molar-refractivity contribution in [3.63, 3.8) is 0 Å². The molecule has 0 saturated carbocycles. The molecule has 0 aliphatic carbocycles. The summed E-state index contributed by atoms with van der Waals surface area (Å²) in [5, 5.41) is 25.0. The molecule has 3 aliphatic heterocycles. The minimum Gasteiger partial charge on any atom is -0.455 e. The highest BCUT2D eigenvalue weighted by Gasteiger charge is 2.62. The largest absolute Gasteiger partial charge is 0.455 e. The Morgan fingerprint density at radius 3 is 2.43 bits per heavy atom. The number of fused-ring (bicyclic) bond motifs is 1. The minimum absolute atomic E-state index is 0.0392. The van der Waals surface area contributed by atoms with Gasteiger partial charge in [0.05, 0.1) is 29.8 Å². The standard InChI is InChI=1S/C44H64FN5O10/c1-11-20-48(10)32-22-27(4)57-39(35(32)52)59-38-29(6)37(53)43(8,45)40(54)58-33(12-2)44(9)36(28(5)34(51)26(3)23-42(38,7)56)50(41(55)60-44)47-19-16-21-49-24-31(46-25-49)30-17-14-13-15-18-30/h11,13-15,17-18,24-29,32-33,35-36,38-39,47,52,56H,1,12,16,19-23H2,2-10H3/t26-,27-,28+,29+,32+,33-,35-,36?,38-,39?,42-,43+,44-/m1/s1. The van der Waals surface area contributed by atoms with E-state index >= 15 is 4.39 Å². The van der Waals surface area contributed by atoms with Crippen molar-refractivity contribution in [3.8, 4) is 11.3 Å². The summed E-state index contributed by atoms with van der Waals surface area (Å²) >= 11 is 0. The van der Waals surface area contributed by atoms with Gasteiger partial charge < -0.3 is 33.7 Å². The van der Waals surface area contributed by atoms with Crippen molar-refractivity contribution >= 4 is 23.6 Å². The van der Waals surface area contributed by atoms with Gasteiger partial charge in [-0.15, -0.1) is 6.58 Å². The van der Waals surface area contributed by atoms with Crippen molar-refractivity contribution in [3.05, 3.63) is 55.5 Å². The first-order valence-corrected chi connectivity index (χ1v) is 21.0. The summed E-state index contributed by atoms with van der Waals surface area (Å²) in [4.78, 5) is 62.7. The number of aliphatic hydroxyl groups excluding tert-OH is 1. The Morgan fingerprint density at radius 2 is 1.78 bits per heavy atom. The van der Waals surface area contributed by atoms with Gasteiger partial charge >= 0.3 is 12.1 Å². The Morgan fingerprint density at radius 1 is 1.10 bits per heavy atom. The van der Waals surface area contributed by atoms with Crippen LogP contribution in [0.5, 0.6) is 0 Å². The van der Waals surface area contributed by atoms with Crippen LogP contribution >= 0.6 is 0 Å². The van der Waals surface area contributed by atoms with Gasteiger partial charge in [-0.2, -0.15) is 0 Å². The van der Waals surface area contributed by atoms with Crippen molar-refractivity contribution < 1.29 is 52.7 Å². The van der Waals surface area contributed by atoms with Crippen LogP contribution in [-0.4, -0.2) is 133 Å². The number of rotatable bonds is 12. The number of halogens is 1. The van der Waals surface area contributed by atoms with Crippen LogP contribution in [0.2, 0.25) is 0 Å². The lowest BCUT2D eigenvalue weighted by molar-refractivity contribution is -0.293. The SMILES string of the molecule is C=CCN(C)[C@H]1C[C@@H](C)OC(O[C@@H]2[C@@H](C)C(=O)[C@](C)(F)C(=O)O[C@H](CC)[C@@]3(C)OC(=O)N(NCCCn4cnc(-c5ccccc5)c4)C3[C@@H](C)C(=O)[C@H](C)C[C@@]2(C)O)[C@@H]1O. The summed E-state index contributed by atoms with van der Waals surface area (Å²) in [6.45, 7) is 16.8. The number of ketones is 2. The molecule has 3 N–H and O–H groups in total. The topological polar surface area (TPSA) is 182 Å². The average molecular weight is 842 g/mol. The van der Waals surface area contributed by atoms with Crippen LogP contribution in [0.1, 0.15) is 81.1 Å². The number of imidazole rings is 1. The van der Waals surface area contributed by atoms with Gasteiger partial charge in [0.2, 0.25) is 0 Å². The molecule has 2 aromatic rings. The second-order valence-corrected chi connectivity index (χ2v) is 17.5. The Bertz CT molecular complexity index is 1840. The normalized spacial score (nSPS) is 37.0. The molecule has 1 aromatic heterocycles. The van der Waals surface area contributed by atoms with Gasteiger partial charge in [0.15, 0.2) is 17.7 Å². The highest BCUT2D eigenvalue weighted by atomic mass is 19.1. The molecule has 5 rings (SSSR count). The third-order valence-electron chi connectivity index (χ3n) is 12.5. The van der Waals surface area contributed by atoms with Crippen LogP contribution in [0.4, 0.5) is 9.18 Å². The van der Waals surface area contributed by atoms with E-state index in [4.69, 9.17) is 18.9 Å². The lowest BCUT2D eigenvalue weighted by Crippen LogP contribution is -2.62. The smallest absolute Gasteiger partial charge is 0.425 e. The van der Waals surface area contributed by atoms with Gasteiger partial charge in [-0.3, -0.25) is 14.5 Å². The number of amides is 1. The second kappa shape index (κ2) is 18.9. The average Bonchev–Trinajstić information content (AvgIpc) is 3.78.